The van der Waals surface area contributed by atoms with Crippen LogP contribution in [0.15, 0.2) is 40.2 Å². The van der Waals surface area contributed by atoms with Crippen molar-refractivity contribution in [2.24, 2.45) is 0 Å². The number of nitrogens with one attached hydrogen (secondary N) is 1. The summed E-state index contributed by atoms with van der Waals surface area (Å²) >= 11 is 0. The molecule has 0 fully saturated rings. The fourth-order valence-electron chi connectivity index (χ4n) is 1.81. The third-order valence-corrected chi connectivity index (χ3v) is 5.08. The Morgan fingerprint density at radius 2 is 2.09 bits per heavy atom. The van der Waals surface area contributed by atoms with Gasteiger partial charge in [-0.05, 0) is 24.6 Å². The molecule has 0 saturated heterocycles. The molecule has 1 N–H and O–H groups in total. The first-order valence-electron chi connectivity index (χ1n) is 6.51. The third kappa shape index (κ3) is 3.34. The van der Waals surface area contributed by atoms with Crippen molar-refractivity contribution in [1.29, 1.82) is 0 Å². The summed E-state index contributed by atoms with van der Waals surface area (Å²) in [4.78, 5) is 16.1. The zero-order valence-electron chi connectivity index (χ0n) is 12.5. The smallest absolute Gasteiger partial charge is 0.251 e. The van der Waals surface area contributed by atoms with Gasteiger partial charge in [0.2, 0.25) is 10.0 Å². The third-order valence-electron chi connectivity index (χ3n) is 3.12. The average Bonchev–Trinajstić information content (AvgIpc) is 2.98. The number of amides is 1. The first-order chi connectivity index (χ1) is 10.3. The maximum absolute atomic E-state index is 12.2. The first kappa shape index (κ1) is 16.2. The lowest BCUT2D eigenvalue weighted by molar-refractivity contribution is 0.0950. The van der Waals surface area contributed by atoms with Gasteiger partial charge in [0.15, 0.2) is 6.39 Å². The lowest BCUT2D eigenvalue weighted by atomic mass is 10.1. The van der Waals surface area contributed by atoms with E-state index in [1.807, 2.05) is 0 Å². The molecule has 2 aromatic rings. The molecule has 0 bridgehead atoms. The fourth-order valence-corrected chi connectivity index (χ4v) is 2.96. The van der Waals surface area contributed by atoms with E-state index in [1.54, 1.807) is 19.1 Å². The highest BCUT2D eigenvalue weighted by Gasteiger charge is 2.21. The summed E-state index contributed by atoms with van der Waals surface area (Å²) in [5.74, 6) is -0.377. The minimum Gasteiger partial charge on any atom is -0.451 e. The van der Waals surface area contributed by atoms with Crippen molar-refractivity contribution in [2.75, 3.05) is 14.1 Å². The number of hydrogen-bond acceptors (Lipinski definition) is 5. The Bertz CT molecular complexity index is 767. The van der Waals surface area contributed by atoms with Gasteiger partial charge in [-0.2, -0.15) is 0 Å². The van der Waals surface area contributed by atoms with E-state index in [0.29, 0.717) is 11.3 Å². The van der Waals surface area contributed by atoms with Gasteiger partial charge in [-0.15, -0.1) is 0 Å². The summed E-state index contributed by atoms with van der Waals surface area (Å²) in [5.41, 5.74) is 1.44. The van der Waals surface area contributed by atoms with Gasteiger partial charge in [-0.25, -0.2) is 17.7 Å². The minimum absolute atomic E-state index is 0.117. The van der Waals surface area contributed by atoms with Crippen LogP contribution >= 0.6 is 0 Å². The molecule has 118 valence electrons. The SMILES string of the molecule is Cc1ccc(C(=O)NCc2cocn2)cc1S(=O)(=O)N(C)C. The van der Waals surface area contributed by atoms with E-state index >= 15 is 0 Å². The standard InChI is InChI=1S/C14H17N3O4S/c1-10-4-5-11(6-13(10)22(19,20)17(2)3)14(18)15-7-12-8-21-9-16-12/h4-6,8-9H,7H2,1-3H3,(H,15,18). The van der Waals surface area contributed by atoms with Crippen molar-refractivity contribution >= 4 is 15.9 Å². The van der Waals surface area contributed by atoms with Crippen molar-refractivity contribution in [3.05, 3.63) is 47.7 Å². The lowest BCUT2D eigenvalue weighted by Crippen LogP contribution is -2.25. The van der Waals surface area contributed by atoms with Crippen LogP contribution in [-0.2, 0) is 16.6 Å². The molecular formula is C14H17N3O4S. The molecule has 0 spiro atoms. The zero-order chi connectivity index (χ0) is 16.3. The summed E-state index contributed by atoms with van der Waals surface area (Å²) in [7, 11) is -0.695. The van der Waals surface area contributed by atoms with Crippen molar-refractivity contribution in [1.82, 2.24) is 14.6 Å². The van der Waals surface area contributed by atoms with Gasteiger partial charge in [0, 0.05) is 19.7 Å². The van der Waals surface area contributed by atoms with Crippen LogP contribution in [0, 0.1) is 6.92 Å². The number of aromatic nitrogens is 1. The number of rotatable bonds is 5. The van der Waals surface area contributed by atoms with Gasteiger partial charge >= 0.3 is 0 Å². The van der Waals surface area contributed by atoms with Crippen molar-refractivity contribution in [3.8, 4) is 0 Å². The second-order valence-electron chi connectivity index (χ2n) is 4.93. The second-order valence-corrected chi connectivity index (χ2v) is 7.05. The van der Waals surface area contributed by atoms with Crippen LogP contribution < -0.4 is 5.32 Å². The number of benzene rings is 1. The van der Waals surface area contributed by atoms with Gasteiger partial charge < -0.3 is 9.73 Å². The van der Waals surface area contributed by atoms with Crippen LogP contribution in [0.1, 0.15) is 21.6 Å². The van der Waals surface area contributed by atoms with E-state index in [-0.39, 0.29) is 22.9 Å². The first-order valence-corrected chi connectivity index (χ1v) is 7.95. The van der Waals surface area contributed by atoms with Crippen LogP contribution in [0.3, 0.4) is 0 Å². The molecule has 1 aromatic carbocycles. The fraction of sp³-hybridized carbons (Fsp3) is 0.286. The number of oxazole rings is 1. The van der Waals surface area contributed by atoms with E-state index in [0.717, 1.165) is 4.31 Å². The molecule has 2 rings (SSSR count). The average molecular weight is 323 g/mol. The lowest BCUT2D eigenvalue weighted by Gasteiger charge is -2.14. The summed E-state index contributed by atoms with van der Waals surface area (Å²) in [6.45, 7) is 1.90. The van der Waals surface area contributed by atoms with Crippen LogP contribution in [0.2, 0.25) is 0 Å². The van der Waals surface area contributed by atoms with Crippen LogP contribution in [0.4, 0.5) is 0 Å². The number of hydrogen-bond donors (Lipinski definition) is 1. The second kappa shape index (κ2) is 6.29. The molecule has 0 aliphatic rings. The molecule has 0 radical (unpaired) electrons. The molecule has 1 heterocycles. The molecule has 0 atom stereocenters. The van der Waals surface area contributed by atoms with E-state index in [2.05, 4.69) is 10.3 Å². The summed E-state index contributed by atoms with van der Waals surface area (Å²) in [5, 5.41) is 2.66. The highest BCUT2D eigenvalue weighted by Crippen LogP contribution is 2.19. The molecule has 7 nitrogen and oxygen atoms in total. The van der Waals surface area contributed by atoms with E-state index in [1.165, 1.54) is 32.8 Å². The minimum atomic E-state index is -3.60. The van der Waals surface area contributed by atoms with Gasteiger partial charge in [0.1, 0.15) is 6.26 Å². The maximum Gasteiger partial charge on any atom is 0.251 e. The van der Waals surface area contributed by atoms with Crippen LogP contribution in [0.25, 0.3) is 0 Å². The summed E-state index contributed by atoms with van der Waals surface area (Å²) in [6.07, 6.45) is 2.70. The Labute approximate surface area is 129 Å². The maximum atomic E-state index is 12.2. The number of carbonyl (C=O) groups is 1. The van der Waals surface area contributed by atoms with E-state index in [9.17, 15) is 13.2 Å². The molecule has 1 aromatic heterocycles. The van der Waals surface area contributed by atoms with E-state index < -0.39 is 10.0 Å². The van der Waals surface area contributed by atoms with E-state index in [4.69, 9.17) is 4.42 Å². The molecule has 8 heteroatoms. The zero-order valence-corrected chi connectivity index (χ0v) is 13.3. The molecule has 0 unspecified atom stereocenters. The highest BCUT2D eigenvalue weighted by molar-refractivity contribution is 7.89. The number of aryl methyl sites for hydroxylation is 1. The normalized spacial score (nSPS) is 11.6. The molecule has 1 amide bonds. The van der Waals surface area contributed by atoms with Gasteiger partial charge in [0.05, 0.1) is 17.1 Å². The van der Waals surface area contributed by atoms with Crippen molar-refractivity contribution in [2.45, 2.75) is 18.4 Å². The van der Waals surface area contributed by atoms with Crippen molar-refractivity contribution in [3.63, 3.8) is 0 Å². The van der Waals surface area contributed by atoms with Crippen molar-refractivity contribution < 1.29 is 17.6 Å². The van der Waals surface area contributed by atoms with Gasteiger partial charge in [-0.1, -0.05) is 6.07 Å². The van der Waals surface area contributed by atoms with Crippen LogP contribution in [-0.4, -0.2) is 37.7 Å². The number of nitrogens with zero attached hydrogens (tertiary/aromatic N) is 2. The molecule has 0 saturated carbocycles. The Morgan fingerprint density at radius 1 is 1.36 bits per heavy atom. The number of carbonyl (C=O) groups excluding carboxylic acids is 1. The molecule has 0 aliphatic heterocycles. The predicted octanol–water partition coefficient (Wildman–Crippen LogP) is 1.16. The summed E-state index contributed by atoms with van der Waals surface area (Å²) in [6, 6.07) is 4.58. The molecule has 22 heavy (non-hydrogen) atoms. The number of sulfonamides is 1. The quantitative estimate of drug-likeness (QED) is 0.891. The van der Waals surface area contributed by atoms with Gasteiger partial charge in [-0.3, -0.25) is 4.79 Å². The largest absolute Gasteiger partial charge is 0.451 e. The molecule has 0 aliphatic carbocycles. The Kier molecular flexibility index (Phi) is 4.62. The topological polar surface area (TPSA) is 92.5 Å². The predicted molar refractivity (Wildman–Crippen MR) is 79.7 cm³/mol. The van der Waals surface area contributed by atoms with Crippen LogP contribution in [0.5, 0.6) is 0 Å². The Balaban J connectivity index is 2.24. The Hall–Kier alpha value is -2.19. The molecular weight excluding hydrogens is 306 g/mol. The van der Waals surface area contributed by atoms with Gasteiger partial charge in [0.25, 0.3) is 5.91 Å². The Morgan fingerprint density at radius 3 is 2.68 bits per heavy atom. The summed E-state index contributed by atoms with van der Waals surface area (Å²) < 4.78 is 30.4. The highest BCUT2D eigenvalue weighted by atomic mass is 32.2. The monoisotopic (exact) mass is 323 g/mol.